The number of carboxylic acids is 1. The van der Waals surface area contributed by atoms with Crippen LogP contribution in [0.4, 0.5) is 0 Å². The van der Waals surface area contributed by atoms with Gasteiger partial charge in [0.25, 0.3) is 0 Å². The van der Waals surface area contributed by atoms with Gasteiger partial charge in [-0.1, -0.05) is 47.2 Å². The van der Waals surface area contributed by atoms with Crippen LogP contribution in [-0.2, 0) is 6.42 Å². The van der Waals surface area contributed by atoms with Crippen LogP contribution in [0.15, 0.2) is 53.4 Å². The molecular formula is C14H12O2S2. The number of thiol groups is 1. The maximum atomic E-state index is 11.2. The Labute approximate surface area is 115 Å². The second kappa shape index (κ2) is 5.98. The molecule has 2 nitrogen and oxygen atoms in total. The molecule has 0 unspecified atom stereocenters. The molecule has 92 valence electrons. The first-order chi connectivity index (χ1) is 8.72. The van der Waals surface area contributed by atoms with Gasteiger partial charge in [-0.05, 0) is 29.7 Å². The summed E-state index contributed by atoms with van der Waals surface area (Å²) in [6.07, 6.45) is 0.603. The molecule has 0 saturated carbocycles. The zero-order chi connectivity index (χ0) is 13.0. The van der Waals surface area contributed by atoms with Gasteiger partial charge in [-0.15, -0.1) is 11.7 Å². The van der Waals surface area contributed by atoms with E-state index in [0.717, 1.165) is 16.0 Å². The predicted molar refractivity (Wildman–Crippen MR) is 77.5 cm³/mol. The maximum Gasteiger partial charge on any atom is 0.336 e. The molecule has 0 aliphatic carbocycles. The molecule has 2 aromatic carbocycles. The monoisotopic (exact) mass is 276 g/mol. The second-order valence-electron chi connectivity index (χ2n) is 3.84. The Morgan fingerprint density at radius 3 is 2.44 bits per heavy atom. The first kappa shape index (κ1) is 13.1. The van der Waals surface area contributed by atoms with E-state index in [1.165, 1.54) is 10.8 Å². The lowest BCUT2D eigenvalue weighted by Crippen LogP contribution is -2.04. The number of benzene rings is 2. The van der Waals surface area contributed by atoms with E-state index in [1.807, 2.05) is 36.4 Å². The van der Waals surface area contributed by atoms with Gasteiger partial charge in [0, 0.05) is 4.90 Å². The van der Waals surface area contributed by atoms with Gasteiger partial charge in [0.05, 0.1) is 5.56 Å². The summed E-state index contributed by atoms with van der Waals surface area (Å²) in [4.78, 5) is 12.1. The van der Waals surface area contributed by atoms with Gasteiger partial charge in [0.15, 0.2) is 0 Å². The molecule has 0 atom stereocenters. The number of hydrogen-bond acceptors (Lipinski definition) is 3. The van der Waals surface area contributed by atoms with E-state index in [2.05, 4.69) is 11.7 Å². The van der Waals surface area contributed by atoms with Gasteiger partial charge in [0.2, 0.25) is 0 Å². The average Bonchev–Trinajstić information content (AvgIpc) is 2.40. The molecule has 0 fully saturated rings. The smallest absolute Gasteiger partial charge is 0.336 e. The van der Waals surface area contributed by atoms with Crippen LogP contribution in [-0.4, -0.2) is 11.1 Å². The van der Waals surface area contributed by atoms with Crippen LogP contribution in [0.3, 0.4) is 0 Å². The van der Waals surface area contributed by atoms with Crippen molar-refractivity contribution in [1.82, 2.24) is 0 Å². The fourth-order valence-corrected chi connectivity index (χ4v) is 2.78. The number of rotatable bonds is 4. The minimum Gasteiger partial charge on any atom is -0.478 e. The van der Waals surface area contributed by atoms with Crippen molar-refractivity contribution in [3.05, 3.63) is 65.2 Å². The largest absolute Gasteiger partial charge is 0.478 e. The van der Waals surface area contributed by atoms with Crippen molar-refractivity contribution >= 4 is 28.4 Å². The standard InChI is InChI=1S/C14H12O2S2/c15-14(16)11-7-4-8-13(18-17)12(11)9-10-5-2-1-3-6-10/h1-8,17H,9H2,(H,15,16). The highest BCUT2D eigenvalue weighted by atomic mass is 33.1. The van der Waals surface area contributed by atoms with E-state index in [9.17, 15) is 9.90 Å². The van der Waals surface area contributed by atoms with Crippen LogP contribution in [0.25, 0.3) is 0 Å². The highest BCUT2D eigenvalue weighted by molar-refractivity contribution is 8.68. The number of carboxylic acid groups (broad SMARTS) is 1. The van der Waals surface area contributed by atoms with Crippen molar-refractivity contribution in [2.75, 3.05) is 0 Å². The summed E-state index contributed by atoms with van der Waals surface area (Å²) >= 11 is 4.19. The van der Waals surface area contributed by atoms with Crippen LogP contribution in [0, 0.1) is 0 Å². The summed E-state index contributed by atoms with van der Waals surface area (Å²) in [7, 11) is 1.28. The Bertz CT molecular complexity index is 553. The van der Waals surface area contributed by atoms with Crippen LogP contribution in [0.5, 0.6) is 0 Å². The fraction of sp³-hybridized carbons (Fsp3) is 0.0714. The van der Waals surface area contributed by atoms with E-state index in [-0.39, 0.29) is 0 Å². The summed E-state index contributed by atoms with van der Waals surface area (Å²) < 4.78 is 0. The van der Waals surface area contributed by atoms with Crippen molar-refractivity contribution in [1.29, 1.82) is 0 Å². The molecule has 0 bridgehead atoms. The number of hydrogen-bond donors (Lipinski definition) is 2. The van der Waals surface area contributed by atoms with Crippen LogP contribution >= 0.6 is 22.5 Å². The molecule has 0 aliphatic heterocycles. The normalized spacial score (nSPS) is 10.3. The van der Waals surface area contributed by atoms with Gasteiger partial charge in [-0.2, -0.15) is 0 Å². The highest BCUT2D eigenvalue weighted by Crippen LogP contribution is 2.29. The summed E-state index contributed by atoms with van der Waals surface area (Å²) in [5.74, 6) is -0.898. The van der Waals surface area contributed by atoms with E-state index < -0.39 is 5.97 Å². The van der Waals surface area contributed by atoms with Crippen LogP contribution < -0.4 is 0 Å². The van der Waals surface area contributed by atoms with Crippen molar-refractivity contribution in [2.24, 2.45) is 0 Å². The number of aromatic carboxylic acids is 1. The predicted octanol–water partition coefficient (Wildman–Crippen LogP) is 3.91. The Kier molecular flexibility index (Phi) is 4.33. The van der Waals surface area contributed by atoms with Crippen LogP contribution in [0.2, 0.25) is 0 Å². The quantitative estimate of drug-likeness (QED) is 0.656. The maximum absolute atomic E-state index is 11.2. The van der Waals surface area contributed by atoms with Gasteiger partial charge in [-0.3, -0.25) is 0 Å². The molecule has 2 rings (SSSR count). The molecular weight excluding hydrogens is 264 g/mol. The lowest BCUT2D eigenvalue weighted by Gasteiger charge is -2.10. The van der Waals surface area contributed by atoms with E-state index >= 15 is 0 Å². The molecule has 0 spiro atoms. The van der Waals surface area contributed by atoms with Gasteiger partial charge >= 0.3 is 5.97 Å². The van der Waals surface area contributed by atoms with E-state index in [4.69, 9.17) is 0 Å². The minimum absolute atomic E-state index is 0.345. The summed E-state index contributed by atoms with van der Waals surface area (Å²) in [5, 5.41) is 9.23. The minimum atomic E-state index is -0.898. The van der Waals surface area contributed by atoms with Crippen molar-refractivity contribution in [2.45, 2.75) is 11.3 Å². The molecule has 4 heteroatoms. The molecule has 0 radical (unpaired) electrons. The molecule has 0 heterocycles. The van der Waals surface area contributed by atoms with E-state index in [0.29, 0.717) is 12.0 Å². The zero-order valence-corrected chi connectivity index (χ0v) is 11.2. The van der Waals surface area contributed by atoms with Gasteiger partial charge < -0.3 is 5.11 Å². The third kappa shape index (κ3) is 2.89. The Hall–Kier alpha value is -1.39. The van der Waals surface area contributed by atoms with Gasteiger partial charge in [-0.25, -0.2) is 4.79 Å². The first-order valence-corrected chi connectivity index (χ1v) is 7.30. The first-order valence-electron chi connectivity index (χ1n) is 5.43. The van der Waals surface area contributed by atoms with Crippen molar-refractivity contribution < 1.29 is 9.90 Å². The molecule has 0 aromatic heterocycles. The molecule has 2 aromatic rings. The topological polar surface area (TPSA) is 37.3 Å². The Morgan fingerprint density at radius 1 is 1.11 bits per heavy atom. The Balaban J connectivity index is 2.44. The van der Waals surface area contributed by atoms with Crippen molar-refractivity contribution in [3.8, 4) is 0 Å². The molecule has 0 saturated heterocycles. The molecule has 0 aliphatic rings. The highest BCUT2D eigenvalue weighted by Gasteiger charge is 2.14. The molecule has 0 amide bonds. The lowest BCUT2D eigenvalue weighted by atomic mass is 10.00. The summed E-state index contributed by atoms with van der Waals surface area (Å²) in [6, 6.07) is 15.1. The SMILES string of the molecule is O=C(O)c1cccc(SS)c1Cc1ccccc1. The second-order valence-corrected chi connectivity index (χ2v) is 5.01. The summed E-state index contributed by atoms with van der Waals surface area (Å²) in [5.41, 5.74) is 2.25. The zero-order valence-electron chi connectivity index (χ0n) is 9.54. The van der Waals surface area contributed by atoms with Crippen molar-refractivity contribution in [3.63, 3.8) is 0 Å². The third-order valence-electron chi connectivity index (χ3n) is 2.69. The fourth-order valence-electron chi connectivity index (χ4n) is 1.83. The molecule has 18 heavy (non-hydrogen) atoms. The Morgan fingerprint density at radius 2 is 1.83 bits per heavy atom. The average molecular weight is 276 g/mol. The van der Waals surface area contributed by atoms with E-state index in [1.54, 1.807) is 12.1 Å². The van der Waals surface area contributed by atoms with Crippen LogP contribution in [0.1, 0.15) is 21.5 Å². The molecule has 1 N–H and O–H groups in total. The lowest BCUT2D eigenvalue weighted by molar-refractivity contribution is 0.0695. The number of carbonyl (C=O) groups is 1. The summed E-state index contributed by atoms with van der Waals surface area (Å²) in [6.45, 7) is 0. The van der Waals surface area contributed by atoms with Gasteiger partial charge in [0.1, 0.15) is 0 Å². The third-order valence-corrected chi connectivity index (χ3v) is 3.85.